The molecule has 1 aromatic carbocycles. The molecule has 4 rings (SSSR count). The van der Waals surface area contributed by atoms with E-state index < -0.39 is 0 Å². The Morgan fingerprint density at radius 1 is 1.25 bits per heavy atom. The topological polar surface area (TPSA) is 36.5 Å². The molecule has 4 nitrogen and oxygen atoms in total. The monoisotopic (exact) mass is 273 g/mol. The minimum Gasteiger partial charge on any atom is -0.485 e. The number of fused-ring (bicyclic) bond motifs is 1. The largest absolute Gasteiger partial charge is 0.485 e. The predicted octanol–water partition coefficient (Wildman–Crippen LogP) is 1.69. The van der Waals surface area contributed by atoms with Gasteiger partial charge in [0.25, 0.3) is 0 Å². The molecule has 0 radical (unpaired) electrons. The van der Waals surface area contributed by atoms with Crippen LogP contribution in [-0.2, 0) is 0 Å². The first-order valence-electron chi connectivity index (χ1n) is 7.85. The normalized spacial score (nSPS) is 29.6. The first-order valence-corrected chi connectivity index (χ1v) is 7.85. The molecule has 2 N–H and O–H groups in total. The highest BCUT2D eigenvalue weighted by Crippen LogP contribution is 2.30. The molecule has 2 atom stereocenters. The fourth-order valence-electron chi connectivity index (χ4n) is 3.30. The van der Waals surface area contributed by atoms with Gasteiger partial charge in [0, 0.05) is 31.7 Å². The second kappa shape index (κ2) is 5.26. The Morgan fingerprint density at radius 3 is 3.05 bits per heavy atom. The lowest BCUT2D eigenvalue weighted by atomic mass is 10.2. The summed E-state index contributed by atoms with van der Waals surface area (Å²) in [5, 5.41) is 7.14. The average Bonchev–Trinajstić information content (AvgIpc) is 3.24. The Bertz CT molecular complexity index is 475. The van der Waals surface area contributed by atoms with Gasteiger partial charge >= 0.3 is 0 Å². The van der Waals surface area contributed by atoms with Crippen molar-refractivity contribution in [2.75, 3.05) is 31.5 Å². The minimum absolute atomic E-state index is 0.236. The van der Waals surface area contributed by atoms with Crippen LogP contribution < -0.4 is 15.4 Å². The number of anilines is 1. The van der Waals surface area contributed by atoms with Crippen LogP contribution in [0, 0.1) is 0 Å². The van der Waals surface area contributed by atoms with Crippen LogP contribution in [0.1, 0.15) is 19.3 Å². The second-order valence-corrected chi connectivity index (χ2v) is 6.24. The van der Waals surface area contributed by atoms with Gasteiger partial charge in [-0.15, -0.1) is 0 Å². The Labute approximate surface area is 120 Å². The standard InChI is InChI=1S/C16H23N3O/c1-2-4-16-15(3-1)18-10-14(20-16)9-17-12-7-8-19(11-12)13-5-6-13/h1-4,12-14,17-18H,5-11H2. The summed E-state index contributed by atoms with van der Waals surface area (Å²) < 4.78 is 6.04. The van der Waals surface area contributed by atoms with Gasteiger partial charge in [0.2, 0.25) is 0 Å². The number of benzene rings is 1. The fourth-order valence-corrected chi connectivity index (χ4v) is 3.30. The molecule has 4 heteroatoms. The number of nitrogens with zero attached hydrogens (tertiary/aromatic N) is 1. The van der Waals surface area contributed by atoms with Crippen molar-refractivity contribution in [2.24, 2.45) is 0 Å². The number of hydrogen-bond donors (Lipinski definition) is 2. The van der Waals surface area contributed by atoms with E-state index in [1.165, 1.54) is 32.4 Å². The van der Waals surface area contributed by atoms with Crippen LogP contribution in [0.25, 0.3) is 0 Å². The van der Waals surface area contributed by atoms with Crippen molar-refractivity contribution in [1.29, 1.82) is 0 Å². The molecule has 2 unspecified atom stereocenters. The van der Waals surface area contributed by atoms with Gasteiger partial charge in [0.15, 0.2) is 0 Å². The molecule has 2 fully saturated rings. The molecule has 1 saturated heterocycles. The highest BCUT2D eigenvalue weighted by Gasteiger charge is 2.34. The Balaban J connectivity index is 1.26. The summed E-state index contributed by atoms with van der Waals surface area (Å²) in [6, 6.07) is 9.74. The molecular weight excluding hydrogens is 250 g/mol. The van der Waals surface area contributed by atoms with Crippen LogP contribution >= 0.6 is 0 Å². The van der Waals surface area contributed by atoms with Gasteiger partial charge in [-0.2, -0.15) is 0 Å². The lowest BCUT2D eigenvalue weighted by Gasteiger charge is -2.28. The van der Waals surface area contributed by atoms with Crippen molar-refractivity contribution in [3.63, 3.8) is 0 Å². The summed E-state index contributed by atoms with van der Waals surface area (Å²) in [4.78, 5) is 2.65. The number of para-hydroxylation sites is 2. The van der Waals surface area contributed by atoms with Gasteiger partial charge in [-0.25, -0.2) is 0 Å². The lowest BCUT2D eigenvalue weighted by molar-refractivity contribution is 0.196. The minimum atomic E-state index is 0.236. The van der Waals surface area contributed by atoms with E-state index in [0.717, 1.165) is 30.6 Å². The molecule has 0 aromatic heterocycles. The lowest BCUT2D eigenvalue weighted by Crippen LogP contribution is -2.44. The molecule has 20 heavy (non-hydrogen) atoms. The highest BCUT2D eigenvalue weighted by atomic mass is 16.5. The van der Waals surface area contributed by atoms with E-state index in [4.69, 9.17) is 4.74 Å². The molecule has 1 aromatic rings. The van der Waals surface area contributed by atoms with Crippen LogP contribution in [-0.4, -0.2) is 49.3 Å². The summed E-state index contributed by atoms with van der Waals surface area (Å²) in [5.74, 6) is 0.983. The van der Waals surface area contributed by atoms with E-state index >= 15 is 0 Å². The Morgan fingerprint density at radius 2 is 2.15 bits per heavy atom. The van der Waals surface area contributed by atoms with Crippen molar-refractivity contribution in [1.82, 2.24) is 10.2 Å². The zero-order valence-corrected chi connectivity index (χ0v) is 11.8. The fraction of sp³-hybridized carbons (Fsp3) is 0.625. The predicted molar refractivity (Wildman–Crippen MR) is 80.4 cm³/mol. The van der Waals surface area contributed by atoms with Gasteiger partial charge in [0.05, 0.1) is 12.2 Å². The third kappa shape index (κ3) is 2.63. The summed E-state index contributed by atoms with van der Waals surface area (Å²) in [6.45, 7) is 4.32. The van der Waals surface area contributed by atoms with Crippen molar-refractivity contribution in [3.8, 4) is 5.75 Å². The summed E-state index contributed by atoms with van der Waals surface area (Å²) in [6.07, 6.45) is 4.35. The zero-order chi connectivity index (χ0) is 13.4. The van der Waals surface area contributed by atoms with Crippen molar-refractivity contribution < 1.29 is 4.74 Å². The molecule has 3 aliphatic rings. The molecular formula is C16H23N3O. The van der Waals surface area contributed by atoms with Crippen LogP contribution in [0.5, 0.6) is 5.75 Å². The summed E-state index contributed by atoms with van der Waals surface area (Å²) >= 11 is 0. The molecule has 0 spiro atoms. The number of likely N-dealkylation sites (tertiary alicyclic amines) is 1. The number of ether oxygens (including phenoxy) is 1. The van der Waals surface area contributed by atoms with Gasteiger partial charge in [-0.3, -0.25) is 4.90 Å². The second-order valence-electron chi connectivity index (χ2n) is 6.24. The Hall–Kier alpha value is -1.26. The van der Waals surface area contributed by atoms with Crippen LogP contribution in [0.4, 0.5) is 5.69 Å². The van der Waals surface area contributed by atoms with Crippen molar-refractivity contribution >= 4 is 5.69 Å². The summed E-state index contributed by atoms with van der Waals surface area (Å²) in [7, 11) is 0. The number of nitrogens with one attached hydrogen (secondary N) is 2. The molecule has 2 heterocycles. The molecule has 0 bridgehead atoms. The highest BCUT2D eigenvalue weighted by molar-refractivity contribution is 5.57. The van der Waals surface area contributed by atoms with Gasteiger partial charge in [-0.1, -0.05) is 12.1 Å². The van der Waals surface area contributed by atoms with Gasteiger partial charge in [0.1, 0.15) is 11.9 Å². The van der Waals surface area contributed by atoms with Gasteiger partial charge in [-0.05, 0) is 31.4 Å². The number of hydrogen-bond acceptors (Lipinski definition) is 4. The van der Waals surface area contributed by atoms with Crippen LogP contribution in [0.15, 0.2) is 24.3 Å². The third-order valence-electron chi connectivity index (χ3n) is 4.62. The maximum Gasteiger partial charge on any atom is 0.142 e. The van der Waals surface area contributed by atoms with E-state index in [0.29, 0.717) is 6.04 Å². The van der Waals surface area contributed by atoms with Crippen LogP contribution in [0.3, 0.4) is 0 Å². The van der Waals surface area contributed by atoms with Crippen molar-refractivity contribution in [2.45, 2.75) is 37.5 Å². The maximum absolute atomic E-state index is 6.04. The number of rotatable bonds is 4. The van der Waals surface area contributed by atoms with Crippen LogP contribution in [0.2, 0.25) is 0 Å². The molecule has 1 aliphatic carbocycles. The molecule has 1 saturated carbocycles. The van der Waals surface area contributed by atoms with E-state index in [1.54, 1.807) is 0 Å². The molecule has 108 valence electrons. The van der Waals surface area contributed by atoms with E-state index in [2.05, 4.69) is 21.6 Å². The van der Waals surface area contributed by atoms with Gasteiger partial charge < -0.3 is 15.4 Å². The first kappa shape index (κ1) is 12.5. The molecule has 0 amide bonds. The molecule has 2 aliphatic heterocycles. The third-order valence-corrected chi connectivity index (χ3v) is 4.62. The first-order chi connectivity index (χ1) is 9.88. The zero-order valence-electron chi connectivity index (χ0n) is 11.8. The van der Waals surface area contributed by atoms with E-state index in [9.17, 15) is 0 Å². The SMILES string of the molecule is c1ccc2c(c1)NCC(CNC1CCN(C3CC3)C1)O2. The maximum atomic E-state index is 6.04. The summed E-state index contributed by atoms with van der Waals surface area (Å²) in [5.41, 5.74) is 1.12. The van der Waals surface area contributed by atoms with E-state index in [-0.39, 0.29) is 6.10 Å². The smallest absolute Gasteiger partial charge is 0.142 e. The average molecular weight is 273 g/mol. The van der Waals surface area contributed by atoms with E-state index in [1.807, 2.05) is 18.2 Å². The van der Waals surface area contributed by atoms with Crippen molar-refractivity contribution in [3.05, 3.63) is 24.3 Å². The quantitative estimate of drug-likeness (QED) is 0.875. The Kier molecular flexibility index (Phi) is 3.28.